The first kappa shape index (κ1) is 17.3. The average molecular weight is 410 g/mol. The van der Waals surface area contributed by atoms with Crippen molar-refractivity contribution in [2.45, 2.75) is 32.9 Å². The van der Waals surface area contributed by atoms with E-state index in [0.717, 1.165) is 6.42 Å². The molecule has 6 rings (SSSR count). The molecule has 140 valence electrons. The number of para-hydroxylation sites is 1. The summed E-state index contributed by atoms with van der Waals surface area (Å²) in [5.41, 5.74) is 7.90. The Balaban J connectivity index is 1.53. The van der Waals surface area contributed by atoms with Gasteiger partial charge in [-0.3, -0.25) is 0 Å². The Bertz CT molecular complexity index is 1240. The summed E-state index contributed by atoms with van der Waals surface area (Å²) in [6.07, 6.45) is 1.000. The lowest BCUT2D eigenvalue weighted by Gasteiger charge is -2.34. The van der Waals surface area contributed by atoms with Gasteiger partial charge in [-0.2, -0.15) is 0 Å². The fourth-order valence-corrected chi connectivity index (χ4v) is 6.35. The van der Waals surface area contributed by atoms with Gasteiger partial charge in [0.15, 0.2) is 0 Å². The molecule has 0 saturated heterocycles. The molecule has 4 aromatic rings. The van der Waals surface area contributed by atoms with E-state index in [1.165, 1.54) is 53.3 Å². The van der Waals surface area contributed by atoms with Crippen LogP contribution in [0, 0.1) is 6.92 Å². The number of benzene rings is 4. The number of hydrogen-bond acceptors (Lipinski definition) is 3. The van der Waals surface area contributed by atoms with Crippen molar-refractivity contribution in [1.82, 2.24) is 0 Å². The van der Waals surface area contributed by atoms with Crippen LogP contribution in [-0.2, 0) is 6.42 Å². The minimum Gasteiger partial charge on any atom is -0.308 e. The van der Waals surface area contributed by atoms with E-state index in [2.05, 4.69) is 96.8 Å². The maximum atomic E-state index is 2.42. The second-order valence-corrected chi connectivity index (χ2v) is 9.72. The van der Waals surface area contributed by atoms with Crippen molar-refractivity contribution in [3.05, 3.63) is 102 Å². The van der Waals surface area contributed by atoms with Crippen LogP contribution in [-0.4, -0.2) is 0 Å². The number of aryl methyl sites for hydroxylation is 1. The molecule has 2 aliphatic rings. The Morgan fingerprint density at radius 3 is 2.21 bits per heavy atom. The highest BCUT2D eigenvalue weighted by molar-refractivity contribution is 8.00. The van der Waals surface area contributed by atoms with Crippen molar-refractivity contribution in [1.29, 1.82) is 0 Å². The third-order valence-electron chi connectivity index (χ3n) is 5.57. The third-order valence-corrected chi connectivity index (χ3v) is 7.90. The monoisotopic (exact) mass is 409 g/mol. The van der Waals surface area contributed by atoms with Gasteiger partial charge in [-0.25, -0.2) is 0 Å². The molecule has 29 heavy (non-hydrogen) atoms. The van der Waals surface area contributed by atoms with Crippen LogP contribution >= 0.6 is 23.5 Å². The Hall–Kier alpha value is -2.62. The smallest absolute Gasteiger partial charge is 0.0605 e. The predicted molar refractivity (Wildman–Crippen MR) is 123 cm³/mol. The van der Waals surface area contributed by atoms with Crippen LogP contribution in [0.15, 0.2) is 105 Å². The van der Waals surface area contributed by atoms with Gasteiger partial charge < -0.3 is 4.90 Å². The summed E-state index contributed by atoms with van der Waals surface area (Å²) in [6.45, 7) is 2.14. The zero-order valence-electron chi connectivity index (χ0n) is 16.1. The van der Waals surface area contributed by atoms with Crippen molar-refractivity contribution in [3.8, 4) is 0 Å². The van der Waals surface area contributed by atoms with E-state index < -0.39 is 0 Å². The van der Waals surface area contributed by atoms with E-state index in [1.54, 1.807) is 0 Å². The number of anilines is 3. The van der Waals surface area contributed by atoms with Crippen LogP contribution < -0.4 is 4.90 Å². The molecule has 0 unspecified atom stereocenters. The maximum absolute atomic E-state index is 2.42. The lowest BCUT2D eigenvalue weighted by molar-refractivity contribution is 1.03. The van der Waals surface area contributed by atoms with E-state index in [-0.39, 0.29) is 0 Å². The summed E-state index contributed by atoms with van der Waals surface area (Å²) in [6, 6.07) is 31.2. The van der Waals surface area contributed by atoms with Gasteiger partial charge in [0.2, 0.25) is 0 Å². The Kier molecular flexibility index (Phi) is 4.00. The fourth-order valence-electron chi connectivity index (χ4n) is 4.10. The quantitative estimate of drug-likeness (QED) is 0.271. The summed E-state index contributed by atoms with van der Waals surface area (Å²) >= 11 is 3.79. The third kappa shape index (κ3) is 2.88. The van der Waals surface area contributed by atoms with Gasteiger partial charge in [0, 0.05) is 25.3 Å². The summed E-state index contributed by atoms with van der Waals surface area (Å²) in [5.74, 6) is 0. The molecule has 0 amide bonds. The van der Waals surface area contributed by atoms with Crippen molar-refractivity contribution >= 4 is 40.6 Å². The minimum atomic E-state index is 1.000. The lowest BCUT2D eigenvalue weighted by Crippen LogP contribution is -2.16. The molecule has 0 radical (unpaired) electrons. The van der Waals surface area contributed by atoms with Crippen molar-refractivity contribution in [2.75, 3.05) is 4.90 Å². The van der Waals surface area contributed by atoms with E-state index in [9.17, 15) is 0 Å². The van der Waals surface area contributed by atoms with Gasteiger partial charge in [0.25, 0.3) is 0 Å². The van der Waals surface area contributed by atoms with Crippen molar-refractivity contribution in [2.24, 2.45) is 0 Å². The first-order valence-electron chi connectivity index (χ1n) is 9.83. The van der Waals surface area contributed by atoms with Crippen LogP contribution in [0.2, 0.25) is 0 Å². The van der Waals surface area contributed by atoms with Gasteiger partial charge in [-0.1, -0.05) is 71.6 Å². The number of fused-ring (bicyclic) bond motifs is 4. The highest BCUT2D eigenvalue weighted by atomic mass is 32.2. The van der Waals surface area contributed by atoms with Crippen LogP contribution in [0.25, 0.3) is 0 Å². The maximum Gasteiger partial charge on any atom is 0.0605 e. The van der Waals surface area contributed by atoms with Gasteiger partial charge in [-0.05, 0) is 66.9 Å². The van der Waals surface area contributed by atoms with Gasteiger partial charge in [0.1, 0.15) is 0 Å². The first-order valence-corrected chi connectivity index (χ1v) is 11.5. The molecule has 2 heterocycles. The highest BCUT2D eigenvalue weighted by Crippen LogP contribution is 2.54. The predicted octanol–water partition coefficient (Wildman–Crippen LogP) is 7.98. The largest absolute Gasteiger partial charge is 0.308 e. The molecule has 0 bridgehead atoms. The Labute approximate surface area is 179 Å². The van der Waals surface area contributed by atoms with Gasteiger partial charge >= 0.3 is 0 Å². The fraction of sp³-hybridized carbons (Fsp3) is 0.0769. The molecule has 4 aromatic carbocycles. The lowest BCUT2D eigenvalue weighted by atomic mass is 10.0. The summed E-state index contributed by atoms with van der Waals surface area (Å²) in [5, 5.41) is 0. The average Bonchev–Trinajstić information content (AvgIpc) is 2.75. The van der Waals surface area contributed by atoms with Crippen LogP contribution in [0.1, 0.15) is 16.7 Å². The SMILES string of the molecule is Cc1ccc(N2c3ccccc3Sc3cc4c(cc32)Cc2ccccc2S4)cc1. The molecule has 0 fully saturated rings. The molecule has 0 saturated carbocycles. The second kappa shape index (κ2) is 6.72. The van der Waals surface area contributed by atoms with Gasteiger partial charge in [-0.15, -0.1) is 0 Å². The van der Waals surface area contributed by atoms with E-state index >= 15 is 0 Å². The molecule has 0 atom stereocenters. The Morgan fingerprint density at radius 2 is 1.34 bits per heavy atom. The molecular weight excluding hydrogens is 390 g/mol. The van der Waals surface area contributed by atoms with Crippen molar-refractivity contribution in [3.63, 3.8) is 0 Å². The molecule has 2 aliphatic heterocycles. The highest BCUT2D eigenvalue weighted by Gasteiger charge is 2.27. The second-order valence-electron chi connectivity index (χ2n) is 7.55. The summed E-state index contributed by atoms with van der Waals surface area (Å²) in [7, 11) is 0. The number of hydrogen-bond donors (Lipinski definition) is 0. The summed E-state index contributed by atoms with van der Waals surface area (Å²) in [4.78, 5) is 7.83. The standard InChI is InChI=1S/C26H19NS2/c1-17-10-12-20(13-11-17)27-21-7-3-5-9-24(21)29-26-16-25-19(15-22(26)27)14-18-6-2-4-8-23(18)28-25/h2-13,15-16H,14H2,1H3. The molecule has 0 aromatic heterocycles. The van der Waals surface area contributed by atoms with Gasteiger partial charge in [0.05, 0.1) is 11.4 Å². The topological polar surface area (TPSA) is 3.24 Å². The molecule has 0 aliphatic carbocycles. The van der Waals surface area contributed by atoms with E-state index in [0.29, 0.717) is 0 Å². The van der Waals surface area contributed by atoms with E-state index in [1.807, 2.05) is 23.5 Å². The molecule has 3 heteroatoms. The molecule has 0 spiro atoms. The van der Waals surface area contributed by atoms with Crippen LogP contribution in [0.4, 0.5) is 17.1 Å². The van der Waals surface area contributed by atoms with E-state index in [4.69, 9.17) is 0 Å². The minimum absolute atomic E-state index is 1.000. The molecular formula is C26H19NS2. The molecule has 1 nitrogen and oxygen atoms in total. The zero-order valence-corrected chi connectivity index (χ0v) is 17.7. The van der Waals surface area contributed by atoms with Crippen molar-refractivity contribution < 1.29 is 0 Å². The number of nitrogens with zero attached hydrogens (tertiary/aromatic N) is 1. The molecule has 0 N–H and O–H groups in total. The summed E-state index contributed by atoms with van der Waals surface area (Å²) < 4.78 is 0. The Morgan fingerprint density at radius 1 is 0.621 bits per heavy atom. The first-order chi connectivity index (χ1) is 14.3. The van der Waals surface area contributed by atoms with Crippen LogP contribution in [0.3, 0.4) is 0 Å². The normalized spacial score (nSPS) is 13.9. The van der Waals surface area contributed by atoms with Crippen LogP contribution in [0.5, 0.6) is 0 Å². The number of rotatable bonds is 1. The zero-order chi connectivity index (χ0) is 19.4.